The van der Waals surface area contributed by atoms with Gasteiger partial charge in [0.1, 0.15) is 0 Å². The minimum atomic E-state index is -0.706. The zero-order chi connectivity index (χ0) is 17.9. The average molecular weight is 329 g/mol. The van der Waals surface area contributed by atoms with E-state index in [1.807, 2.05) is 51.2 Å². The SMILES string of the molecule is CCN(CC(O)c1ccc(C)cc1)C(=O)c1cc(C(C)C)n(C)n1. The Morgan fingerprint density at radius 1 is 1.29 bits per heavy atom. The molecule has 2 aromatic rings. The fourth-order valence-corrected chi connectivity index (χ4v) is 2.75. The van der Waals surface area contributed by atoms with Crippen molar-refractivity contribution in [3.8, 4) is 0 Å². The van der Waals surface area contributed by atoms with E-state index in [1.54, 1.807) is 9.58 Å². The van der Waals surface area contributed by atoms with Crippen LogP contribution in [-0.2, 0) is 7.05 Å². The van der Waals surface area contributed by atoms with Crippen molar-refractivity contribution in [3.05, 3.63) is 52.8 Å². The molecule has 1 unspecified atom stereocenters. The average Bonchev–Trinajstić information content (AvgIpc) is 2.94. The van der Waals surface area contributed by atoms with Crippen LogP contribution < -0.4 is 0 Å². The number of aliphatic hydroxyl groups excluding tert-OH is 1. The van der Waals surface area contributed by atoms with Crippen LogP contribution in [0.5, 0.6) is 0 Å². The molecule has 0 radical (unpaired) electrons. The number of hydrogen-bond donors (Lipinski definition) is 1. The molecule has 130 valence electrons. The molecule has 1 aromatic heterocycles. The molecule has 1 atom stereocenters. The number of carbonyl (C=O) groups excluding carboxylic acids is 1. The van der Waals surface area contributed by atoms with E-state index in [1.165, 1.54) is 0 Å². The molecular weight excluding hydrogens is 302 g/mol. The quantitative estimate of drug-likeness (QED) is 0.886. The second-order valence-corrected chi connectivity index (χ2v) is 6.50. The van der Waals surface area contributed by atoms with Crippen LogP contribution >= 0.6 is 0 Å². The highest BCUT2D eigenvalue weighted by Gasteiger charge is 2.22. The Bertz CT molecular complexity index is 689. The second-order valence-electron chi connectivity index (χ2n) is 6.50. The highest BCUT2D eigenvalue weighted by molar-refractivity contribution is 5.92. The van der Waals surface area contributed by atoms with Crippen LogP contribution in [0.4, 0.5) is 0 Å². The maximum Gasteiger partial charge on any atom is 0.274 e. The first-order valence-electron chi connectivity index (χ1n) is 8.41. The first-order valence-corrected chi connectivity index (χ1v) is 8.41. The molecule has 0 spiro atoms. The van der Waals surface area contributed by atoms with Gasteiger partial charge in [-0.2, -0.15) is 5.10 Å². The number of rotatable bonds is 6. The number of aromatic nitrogens is 2. The van der Waals surface area contributed by atoms with Gasteiger partial charge in [0.15, 0.2) is 5.69 Å². The fourth-order valence-electron chi connectivity index (χ4n) is 2.75. The number of nitrogens with zero attached hydrogens (tertiary/aromatic N) is 3. The lowest BCUT2D eigenvalue weighted by Crippen LogP contribution is -2.35. The van der Waals surface area contributed by atoms with Gasteiger partial charge in [-0.1, -0.05) is 43.7 Å². The minimum absolute atomic E-state index is 0.147. The van der Waals surface area contributed by atoms with Crippen LogP contribution in [0.3, 0.4) is 0 Å². The van der Waals surface area contributed by atoms with Gasteiger partial charge in [0.05, 0.1) is 12.6 Å². The van der Waals surface area contributed by atoms with Crippen molar-refractivity contribution in [2.75, 3.05) is 13.1 Å². The van der Waals surface area contributed by atoms with Crippen LogP contribution in [0.25, 0.3) is 0 Å². The third-order valence-corrected chi connectivity index (χ3v) is 4.25. The molecule has 0 aliphatic heterocycles. The van der Waals surface area contributed by atoms with E-state index < -0.39 is 6.10 Å². The standard InChI is InChI=1S/C19H27N3O2/c1-6-22(12-18(23)15-9-7-14(4)8-10-15)19(24)16-11-17(13(2)3)21(5)20-16/h7-11,13,18,23H,6,12H2,1-5H3. The third-order valence-electron chi connectivity index (χ3n) is 4.25. The van der Waals surface area contributed by atoms with E-state index in [0.717, 1.165) is 16.8 Å². The highest BCUT2D eigenvalue weighted by Crippen LogP contribution is 2.18. The monoisotopic (exact) mass is 329 g/mol. The summed E-state index contributed by atoms with van der Waals surface area (Å²) in [5, 5.41) is 14.8. The topological polar surface area (TPSA) is 58.4 Å². The lowest BCUT2D eigenvalue weighted by Gasteiger charge is -2.23. The van der Waals surface area contributed by atoms with Gasteiger partial charge in [-0.25, -0.2) is 0 Å². The lowest BCUT2D eigenvalue weighted by atomic mass is 10.1. The van der Waals surface area contributed by atoms with E-state index >= 15 is 0 Å². The molecule has 1 N–H and O–H groups in total. The molecule has 0 saturated carbocycles. The van der Waals surface area contributed by atoms with Crippen molar-refractivity contribution in [1.82, 2.24) is 14.7 Å². The van der Waals surface area contributed by atoms with Crippen molar-refractivity contribution in [3.63, 3.8) is 0 Å². The zero-order valence-electron chi connectivity index (χ0n) is 15.2. The second kappa shape index (κ2) is 7.62. The summed E-state index contributed by atoms with van der Waals surface area (Å²) in [4.78, 5) is 14.4. The van der Waals surface area contributed by atoms with Gasteiger partial charge in [-0.05, 0) is 31.4 Å². The summed E-state index contributed by atoms with van der Waals surface area (Å²) in [7, 11) is 1.85. The Morgan fingerprint density at radius 2 is 1.92 bits per heavy atom. The predicted octanol–water partition coefficient (Wildman–Crippen LogP) is 3.05. The Hall–Kier alpha value is -2.14. The van der Waals surface area contributed by atoms with Crippen molar-refractivity contribution in [2.24, 2.45) is 7.05 Å². The van der Waals surface area contributed by atoms with Gasteiger partial charge >= 0.3 is 0 Å². The number of aliphatic hydroxyl groups is 1. The molecular formula is C19H27N3O2. The fraction of sp³-hybridized carbons (Fsp3) is 0.474. The lowest BCUT2D eigenvalue weighted by molar-refractivity contribution is 0.0628. The highest BCUT2D eigenvalue weighted by atomic mass is 16.3. The minimum Gasteiger partial charge on any atom is -0.387 e. The van der Waals surface area contributed by atoms with Crippen LogP contribution in [-0.4, -0.2) is 38.8 Å². The summed E-state index contributed by atoms with van der Waals surface area (Å²) in [6.07, 6.45) is -0.706. The van der Waals surface area contributed by atoms with Gasteiger partial charge in [0, 0.05) is 19.3 Å². The summed E-state index contributed by atoms with van der Waals surface area (Å²) >= 11 is 0. The first kappa shape index (κ1) is 18.2. The molecule has 0 aliphatic rings. The van der Waals surface area contributed by atoms with Crippen LogP contribution in [0.1, 0.15) is 60.1 Å². The third kappa shape index (κ3) is 4.03. The number of hydrogen-bond acceptors (Lipinski definition) is 3. The smallest absolute Gasteiger partial charge is 0.274 e. The van der Waals surface area contributed by atoms with Gasteiger partial charge in [-0.3, -0.25) is 9.48 Å². The van der Waals surface area contributed by atoms with Crippen LogP contribution in [0.15, 0.2) is 30.3 Å². The summed E-state index contributed by atoms with van der Waals surface area (Å²) in [6, 6.07) is 9.56. The Kier molecular flexibility index (Phi) is 5.78. The molecule has 0 fully saturated rings. The zero-order valence-corrected chi connectivity index (χ0v) is 15.2. The summed E-state index contributed by atoms with van der Waals surface area (Å²) in [5.41, 5.74) is 3.41. The van der Waals surface area contributed by atoms with Gasteiger partial charge in [0.25, 0.3) is 5.91 Å². The molecule has 0 bridgehead atoms. The maximum absolute atomic E-state index is 12.7. The van der Waals surface area contributed by atoms with Crippen molar-refractivity contribution < 1.29 is 9.90 Å². The van der Waals surface area contributed by atoms with Gasteiger partial charge in [0.2, 0.25) is 0 Å². The molecule has 1 heterocycles. The summed E-state index contributed by atoms with van der Waals surface area (Å²) in [6.45, 7) is 8.84. The summed E-state index contributed by atoms with van der Waals surface area (Å²) in [5.74, 6) is 0.156. The molecule has 5 nitrogen and oxygen atoms in total. The van der Waals surface area contributed by atoms with E-state index in [9.17, 15) is 9.90 Å². The molecule has 0 aliphatic carbocycles. The Balaban J connectivity index is 2.14. The number of carbonyl (C=O) groups is 1. The molecule has 2 rings (SSSR count). The Morgan fingerprint density at radius 3 is 2.42 bits per heavy atom. The number of amides is 1. The van der Waals surface area contributed by atoms with Gasteiger partial charge < -0.3 is 10.0 Å². The van der Waals surface area contributed by atoms with Crippen molar-refractivity contribution >= 4 is 5.91 Å². The van der Waals surface area contributed by atoms with Crippen molar-refractivity contribution in [1.29, 1.82) is 0 Å². The van der Waals surface area contributed by atoms with Crippen LogP contribution in [0, 0.1) is 6.92 Å². The van der Waals surface area contributed by atoms with E-state index in [4.69, 9.17) is 0 Å². The van der Waals surface area contributed by atoms with E-state index in [0.29, 0.717) is 18.2 Å². The molecule has 1 amide bonds. The normalized spacial score (nSPS) is 12.5. The maximum atomic E-state index is 12.7. The molecule has 5 heteroatoms. The van der Waals surface area contributed by atoms with Gasteiger partial charge in [-0.15, -0.1) is 0 Å². The van der Waals surface area contributed by atoms with E-state index in [2.05, 4.69) is 18.9 Å². The Labute approximate surface area is 143 Å². The first-order chi connectivity index (χ1) is 11.3. The number of likely N-dealkylation sites (N-methyl/N-ethyl adjacent to an activating group) is 1. The molecule has 24 heavy (non-hydrogen) atoms. The van der Waals surface area contributed by atoms with Crippen molar-refractivity contribution in [2.45, 2.75) is 39.7 Å². The summed E-state index contributed by atoms with van der Waals surface area (Å²) < 4.78 is 1.75. The predicted molar refractivity (Wildman–Crippen MR) is 95.0 cm³/mol. The van der Waals surface area contributed by atoms with Crippen LogP contribution in [0.2, 0.25) is 0 Å². The largest absolute Gasteiger partial charge is 0.387 e. The number of benzene rings is 1. The van der Waals surface area contributed by atoms with E-state index in [-0.39, 0.29) is 12.5 Å². The molecule has 0 saturated heterocycles. The molecule has 1 aromatic carbocycles. The number of aryl methyl sites for hydroxylation is 2.